The Morgan fingerprint density at radius 3 is 2.41 bits per heavy atom. The molecule has 0 aliphatic rings. The molecule has 3 heteroatoms. The molecular weight excluding hydrogens is 214 g/mol. The number of hydrogen-bond acceptors (Lipinski definition) is 3. The minimum Gasteiger partial charge on any atom is -0.497 e. The van der Waals surface area contributed by atoms with Crippen molar-refractivity contribution in [3.8, 4) is 5.75 Å². The Morgan fingerprint density at radius 1 is 1.29 bits per heavy atom. The fraction of sp³-hybridized carbons (Fsp3) is 0.500. The van der Waals surface area contributed by atoms with Crippen molar-refractivity contribution in [1.29, 1.82) is 0 Å². The molecule has 0 heterocycles. The molecule has 3 nitrogen and oxygen atoms in total. The monoisotopic (exact) mass is 235 g/mol. The molecule has 0 radical (unpaired) electrons. The number of benzene rings is 1. The lowest BCUT2D eigenvalue weighted by atomic mass is 10.0. The second-order valence-electron chi connectivity index (χ2n) is 3.98. The van der Waals surface area contributed by atoms with Gasteiger partial charge in [0.1, 0.15) is 11.5 Å². The average Bonchev–Trinajstić information content (AvgIpc) is 2.38. The zero-order chi connectivity index (χ0) is 12.7. The van der Waals surface area contributed by atoms with E-state index in [-0.39, 0.29) is 11.8 Å². The van der Waals surface area contributed by atoms with Gasteiger partial charge in [-0.2, -0.15) is 0 Å². The molecule has 17 heavy (non-hydrogen) atoms. The molecule has 0 saturated carbocycles. The van der Waals surface area contributed by atoms with E-state index in [4.69, 9.17) is 4.74 Å². The molecule has 94 valence electrons. The van der Waals surface area contributed by atoms with E-state index < -0.39 is 0 Å². The molecule has 0 spiro atoms. The van der Waals surface area contributed by atoms with Crippen molar-refractivity contribution in [2.75, 3.05) is 13.7 Å². The van der Waals surface area contributed by atoms with Gasteiger partial charge in [-0.25, -0.2) is 0 Å². The van der Waals surface area contributed by atoms with Gasteiger partial charge in [0.05, 0.1) is 13.2 Å². The van der Waals surface area contributed by atoms with E-state index in [1.807, 2.05) is 38.1 Å². The predicted octanol–water partition coefficient (Wildman–Crippen LogP) is 2.19. The van der Waals surface area contributed by atoms with Crippen molar-refractivity contribution in [2.45, 2.75) is 32.7 Å². The number of hydrogen-bond donors (Lipinski definition) is 1. The van der Waals surface area contributed by atoms with Crippen molar-refractivity contribution in [2.24, 2.45) is 0 Å². The number of rotatable bonds is 7. The smallest absolute Gasteiger partial charge is 0.149 e. The van der Waals surface area contributed by atoms with Crippen LogP contribution in [-0.4, -0.2) is 25.5 Å². The maximum absolute atomic E-state index is 11.7. The van der Waals surface area contributed by atoms with E-state index in [0.717, 1.165) is 24.3 Å². The van der Waals surface area contributed by atoms with Crippen LogP contribution >= 0.6 is 0 Å². The summed E-state index contributed by atoms with van der Waals surface area (Å²) in [6.07, 6.45) is 1.32. The number of carbonyl (C=O) groups excluding carboxylic acids is 1. The van der Waals surface area contributed by atoms with Crippen molar-refractivity contribution in [3.63, 3.8) is 0 Å². The number of methoxy groups -OCH3 is 1. The third kappa shape index (κ3) is 4.19. The summed E-state index contributed by atoms with van der Waals surface area (Å²) in [4.78, 5) is 11.7. The molecule has 1 atom stereocenters. The zero-order valence-electron chi connectivity index (χ0n) is 10.8. The molecule has 0 amide bonds. The van der Waals surface area contributed by atoms with Gasteiger partial charge in [0.2, 0.25) is 0 Å². The lowest BCUT2D eigenvalue weighted by molar-refractivity contribution is -0.120. The summed E-state index contributed by atoms with van der Waals surface area (Å²) in [6, 6.07) is 7.79. The standard InChI is InChI=1S/C14H21NO2/c1-4-14(16)13(15-5-2)10-11-6-8-12(17-3)9-7-11/h6-9,13,15H,4-5,10H2,1-3H3/t13-/m1/s1. The Bertz CT molecular complexity index is 346. The van der Waals surface area contributed by atoms with Gasteiger partial charge in [-0.05, 0) is 30.7 Å². The highest BCUT2D eigenvalue weighted by Gasteiger charge is 2.15. The van der Waals surface area contributed by atoms with Crippen molar-refractivity contribution in [3.05, 3.63) is 29.8 Å². The molecule has 1 aromatic carbocycles. The molecular formula is C14H21NO2. The van der Waals surface area contributed by atoms with Gasteiger partial charge in [0, 0.05) is 6.42 Å². The van der Waals surface area contributed by atoms with Gasteiger partial charge in [-0.3, -0.25) is 4.79 Å². The van der Waals surface area contributed by atoms with Crippen LogP contribution in [0.15, 0.2) is 24.3 Å². The largest absolute Gasteiger partial charge is 0.497 e. The van der Waals surface area contributed by atoms with Gasteiger partial charge in [0.15, 0.2) is 0 Å². The van der Waals surface area contributed by atoms with Crippen molar-refractivity contribution >= 4 is 5.78 Å². The molecule has 0 aliphatic heterocycles. The molecule has 0 aliphatic carbocycles. The SMILES string of the molecule is CCN[C@H](Cc1ccc(OC)cc1)C(=O)CC. The molecule has 1 N–H and O–H groups in total. The number of likely N-dealkylation sites (N-methyl/N-ethyl adjacent to an activating group) is 1. The maximum Gasteiger partial charge on any atom is 0.149 e. The summed E-state index contributed by atoms with van der Waals surface area (Å²) in [5.74, 6) is 1.11. The first-order chi connectivity index (χ1) is 8.21. The Balaban J connectivity index is 2.68. The fourth-order valence-electron chi connectivity index (χ4n) is 1.79. The molecule has 0 unspecified atom stereocenters. The van der Waals surface area contributed by atoms with Gasteiger partial charge in [-0.1, -0.05) is 26.0 Å². The van der Waals surface area contributed by atoms with E-state index in [9.17, 15) is 4.79 Å². The third-order valence-corrected chi connectivity index (χ3v) is 2.79. The second-order valence-corrected chi connectivity index (χ2v) is 3.98. The van der Waals surface area contributed by atoms with Crippen LogP contribution in [0.1, 0.15) is 25.8 Å². The first-order valence-electron chi connectivity index (χ1n) is 6.10. The second kappa shape index (κ2) is 7.07. The van der Waals surface area contributed by atoms with Crippen LogP contribution in [0.5, 0.6) is 5.75 Å². The van der Waals surface area contributed by atoms with Crippen LogP contribution in [0, 0.1) is 0 Å². The summed E-state index contributed by atoms with van der Waals surface area (Å²) in [5, 5.41) is 3.23. The number of ether oxygens (including phenoxy) is 1. The molecule has 0 saturated heterocycles. The summed E-state index contributed by atoms with van der Waals surface area (Å²) < 4.78 is 5.11. The highest BCUT2D eigenvalue weighted by molar-refractivity contribution is 5.84. The lowest BCUT2D eigenvalue weighted by Gasteiger charge is -2.16. The van der Waals surface area contributed by atoms with Crippen LogP contribution in [0.3, 0.4) is 0 Å². The fourth-order valence-corrected chi connectivity index (χ4v) is 1.79. The highest BCUT2D eigenvalue weighted by Crippen LogP contribution is 2.13. The van der Waals surface area contributed by atoms with E-state index >= 15 is 0 Å². The van der Waals surface area contributed by atoms with Crippen molar-refractivity contribution in [1.82, 2.24) is 5.32 Å². The molecule has 1 rings (SSSR count). The van der Waals surface area contributed by atoms with Crippen LogP contribution in [0.4, 0.5) is 0 Å². The predicted molar refractivity (Wildman–Crippen MR) is 69.5 cm³/mol. The van der Waals surface area contributed by atoms with E-state index in [2.05, 4.69) is 5.32 Å². The van der Waals surface area contributed by atoms with E-state index in [1.54, 1.807) is 7.11 Å². The van der Waals surface area contributed by atoms with Crippen molar-refractivity contribution < 1.29 is 9.53 Å². The summed E-state index contributed by atoms with van der Waals surface area (Å²) in [6.45, 7) is 4.73. The van der Waals surface area contributed by atoms with Gasteiger partial charge in [0.25, 0.3) is 0 Å². The van der Waals surface area contributed by atoms with Crippen LogP contribution < -0.4 is 10.1 Å². The Morgan fingerprint density at radius 2 is 1.94 bits per heavy atom. The first-order valence-corrected chi connectivity index (χ1v) is 6.10. The minimum absolute atomic E-state index is 0.0709. The first kappa shape index (κ1) is 13.7. The normalized spacial score (nSPS) is 12.2. The zero-order valence-corrected chi connectivity index (χ0v) is 10.8. The Hall–Kier alpha value is -1.35. The van der Waals surface area contributed by atoms with Gasteiger partial charge >= 0.3 is 0 Å². The topological polar surface area (TPSA) is 38.3 Å². The summed E-state index contributed by atoms with van der Waals surface area (Å²) in [5.41, 5.74) is 1.15. The molecule has 0 bridgehead atoms. The highest BCUT2D eigenvalue weighted by atomic mass is 16.5. The Kier molecular flexibility index (Phi) is 5.70. The van der Waals surface area contributed by atoms with E-state index in [1.165, 1.54) is 0 Å². The minimum atomic E-state index is -0.0709. The maximum atomic E-state index is 11.7. The summed E-state index contributed by atoms with van der Waals surface area (Å²) >= 11 is 0. The quantitative estimate of drug-likeness (QED) is 0.787. The molecule has 1 aromatic rings. The summed E-state index contributed by atoms with van der Waals surface area (Å²) in [7, 11) is 1.65. The number of carbonyl (C=O) groups is 1. The Labute approximate surface area is 103 Å². The van der Waals surface area contributed by atoms with Gasteiger partial charge in [-0.15, -0.1) is 0 Å². The van der Waals surface area contributed by atoms with Gasteiger partial charge < -0.3 is 10.1 Å². The van der Waals surface area contributed by atoms with Crippen LogP contribution in [0.25, 0.3) is 0 Å². The van der Waals surface area contributed by atoms with Crippen LogP contribution in [-0.2, 0) is 11.2 Å². The molecule has 0 aromatic heterocycles. The van der Waals surface area contributed by atoms with Crippen LogP contribution in [0.2, 0.25) is 0 Å². The number of Topliss-reactive ketones (excluding diaryl/α,β-unsaturated/α-hetero) is 1. The van der Waals surface area contributed by atoms with E-state index in [0.29, 0.717) is 6.42 Å². The lowest BCUT2D eigenvalue weighted by Crippen LogP contribution is -2.38. The number of ketones is 1. The number of nitrogens with one attached hydrogen (secondary N) is 1. The molecule has 0 fully saturated rings. The third-order valence-electron chi connectivity index (χ3n) is 2.79. The average molecular weight is 235 g/mol.